The number of rotatable bonds is 12. The summed E-state index contributed by atoms with van der Waals surface area (Å²) in [7, 11) is 0. The quantitative estimate of drug-likeness (QED) is 0.274. The number of anilines is 2. The van der Waals surface area contributed by atoms with E-state index in [1.54, 1.807) is 18.3 Å². The molecule has 0 aliphatic heterocycles. The number of hydrogen-bond acceptors (Lipinski definition) is 4. The number of aryl methyl sites for hydroxylation is 1. The lowest BCUT2D eigenvalue weighted by atomic mass is 10.1. The molecule has 182 valence electrons. The van der Waals surface area contributed by atoms with Crippen molar-refractivity contribution in [2.75, 3.05) is 18.0 Å². The van der Waals surface area contributed by atoms with E-state index < -0.39 is 0 Å². The van der Waals surface area contributed by atoms with Crippen molar-refractivity contribution in [3.05, 3.63) is 95.8 Å². The van der Waals surface area contributed by atoms with E-state index >= 15 is 0 Å². The zero-order valence-electron chi connectivity index (χ0n) is 21.7. The summed E-state index contributed by atoms with van der Waals surface area (Å²) in [5, 5.41) is 9.36. The molecule has 4 nitrogen and oxygen atoms in total. The average molecular weight is 467 g/mol. The molecule has 0 spiro atoms. The molecule has 2 aromatic carbocycles. The number of aromatic nitrogens is 1. The van der Waals surface area contributed by atoms with Gasteiger partial charge in [0.15, 0.2) is 0 Å². The molecule has 0 saturated heterocycles. The fraction of sp³-hybridized carbons (Fsp3) is 0.355. The van der Waals surface area contributed by atoms with Crippen LogP contribution in [0.3, 0.4) is 0 Å². The summed E-state index contributed by atoms with van der Waals surface area (Å²) in [5.41, 5.74) is 6.54. The zero-order chi connectivity index (χ0) is 25.2. The number of benzene rings is 2. The summed E-state index contributed by atoms with van der Waals surface area (Å²) in [5.74, 6) is 0.752. The van der Waals surface area contributed by atoms with E-state index in [0.717, 1.165) is 54.6 Å². The lowest BCUT2D eigenvalue weighted by molar-refractivity contribution is 0.255. The molecule has 0 atom stereocenters. The molecule has 0 radical (unpaired) electrons. The molecular weight excluding hydrogens is 428 g/mol. The molecule has 3 aromatic rings. The minimum Gasteiger partial charge on any atom is -0.309 e. The van der Waals surface area contributed by atoms with Gasteiger partial charge in [0.2, 0.25) is 0 Å². The molecule has 4 heteroatoms. The van der Waals surface area contributed by atoms with Crippen molar-refractivity contribution in [1.29, 1.82) is 5.26 Å². The molecule has 0 bridgehead atoms. The maximum atomic E-state index is 9.36. The Kier molecular flexibility index (Phi) is 9.64. The first-order valence-electron chi connectivity index (χ1n) is 12.7. The van der Waals surface area contributed by atoms with Crippen molar-refractivity contribution in [2.24, 2.45) is 5.92 Å². The van der Waals surface area contributed by atoms with Gasteiger partial charge in [-0.2, -0.15) is 5.26 Å². The molecule has 0 fully saturated rings. The van der Waals surface area contributed by atoms with Crippen molar-refractivity contribution in [3.63, 3.8) is 0 Å². The van der Waals surface area contributed by atoms with Crippen LogP contribution in [0.2, 0.25) is 0 Å². The summed E-state index contributed by atoms with van der Waals surface area (Å²) in [6.07, 6.45) is 5.34. The second-order valence-electron chi connectivity index (χ2n) is 9.59. The third-order valence-electron chi connectivity index (χ3n) is 6.21. The van der Waals surface area contributed by atoms with E-state index in [4.69, 9.17) is 0 Å². The highest BCUT2D eigenvalue weighted by molar-refractivity contribution is 5.87. The Balaban J connectivity index is 1.88. The van der Waals surface area contributed by atoms with E-state index in [2.05, 4.69) is 91.5 Å². The maximum absolute atomic E-state index is 9.36. The molecule has 0 amide bonds. The summed E-state index contributed by atoms with van der Waals surface area (Å²) < 4.78 is 0. The molecule has 0 N–H and O–H groups in total. The number of hydrogen-bond donors (Lipinski definition) is 0. The fourth-order valence-corrected chi connectivity index (χ4v) is 4.34. The van der Waals surface area contributed by atoms with Crippen LogP contribution in [0.5, 0.6) is 0 Å². The van der Waals surface area contributed by atoms with Crippen molar-refractivity contribution < 1.29 is 0 Å². The fourth-order valence-electron chi connectivity index (χ4n) is 4.34. The van der Waals surface area contributed by atoms with Gasteiger partial charge in [-0.1, -0.05) is 57.7 Å². The highest BCUT2D eigenvalue weighted by atomic mass is 15.2. The van der Waals surface area contributed by atoms with Gasteiger partial charge < -0.3 is 4.90 Å². The first kappa shape index (κ1) is 26.2. The van der Waals surface area contributed by atoms with Crippen LogP contribution in [0.25, 0.3) is 5.70 Å². The van der Waals surface area contributed by atoms with Gasteiger partial charge in [-0.15, -0.1) is 0 Å². The van der Waals surface area contributed by atoms with Crippen LogP contribution >= 0.6 is 0 Å². The monoisotopic (exact) mass is 466 g/mol. The Morgan fingerprint density at radius 1 is 1.06 bits per heavy atom. The van der Waals surface area contributed by atoms with Crippen LogP contribution in [0.4, 0.5) is 11.4 Å². The summed E-state index contributed by atoms with van der Waals surface area (Å²) in [6, 6.07) is 22.8. The molecule has 3 rings (SSSR count). The van der Waals surface area contributed by atoms with Crippen LogP contribution in [-0.4, -0.2) is 23.0 Å². The Bertz CT molecular complexity index is 1140. The first-order valence-corrected chi connectivity index (χ1v) is 12.7. The minimum atomic E-state index is 0.574. The second-order valence-corrected chi connectivity index (χ2v) is 9.59. The normalized spacial score (nSPS) is 11.0. The Morgan fingerprint density at radius 3 is 2.46 bits per heavy atom. The van der Waals surface area contributed by atoms with Crippen LogP contribution in [0.15, 0.2) is 73.4 Å². The SMILES string of the molecule is C=C(c1cc(C#N)ccn1)N(c1ccc(CN(CCC)CCCC(C)C)cc1)c1ccccc1C. The van der Waals surface area contributed by atoms with Crippen LogP contribution in [0.1, 0.15) is 62.4 Å². The first-order chi connectivity index (χ1) is 16.9. The van der Waals surface area contributed by atoms with Crippen LogP contribution in [-0.2, 0) is 6.54 Å². The largest absolute Gasteiger partial charge is 0.309 e. The van der Waals surface area contributed by atoms with Gasteiger partial charge in [-0.3, -0.25) is 9.88 Å². The predicted octanol–water partition coefficient (Wildman–Crippen LogP) is 7.72. The molecular formula is C31H38N4. The molecule has 1 aromatic heterocycles. The number of pyridine rings is 1. The van der Waals surface area contributed by atoms with Gasteiger partial charge >= 0.3 is 0 Å². The minimum absolute atomic E-state index is 0.574. The number of nitrogens with zero attached hydrogens (tertiary/aromatic N) is 4. The van der Waals surface area contributed by atoms with Gasteiger partial charge in [0.1, 0.15) is 0 Å². The van der Waals surface area contributed by atoms with Crippen molar-refractivity contribution in [3.8, 4) is 6.07 Å². The van der Waals surface area contributed by atoms with E-state index in [1.807, 2.05) is 12.1 Å². The van der Waals surface area contributed by atoms with Gasteiger partial charge in [-0.25, -0.2) is 0 Å². The summed E-state index contributed by atoms with van der Waals surface area (Å²) in [4.78, 5) is 9.20. The molecule has 0 unspecified atom stereocenters. The molecule has 0 saturated carbocycles. The Morgan fingerprint density at radius 2 is 1.80 bits per heavy atom. The predicted molar refractivity (Wildman–Crippen MR) is 147 cm³/mol. The van der Waals surface area contributed by atoms with E-state index in [1.165, 1.54) is 18.4 Å². The number of para-hydroxylation sites is 1. The summed E-state index contributed by atoms with van der Waals surface area (Å²) >= 11 is 0. The molecule has 0 aliphatic carbocycles. The second kappa shape index (κ2) is 12.9. The maximum Gasteiger partial charge on any atom is 0.0992 e. The molecule has 1 heterocycles. The highest BCUT2D eigenvalue weighted by Crippen LogP contribution is 2.35. The van der Waals surface area contributed by atoms with E-state index in [9.17, 15) is 5.26 Å². The van der Waals surface area contributed by atoms with Gasteiger partial charge in [0, 0.05) is 24.1 Å². The van der Waals surface area contributed by atoms with Gasteiger partial charge in [-0.05, 0) is 86.7 Å². The number of nitriles is 1. The van der Waals surface area contributed by atoms with Crippen molar-refractivity contribution in [1.82, 2.24) is 9.88 Å². The third kappa shape index (κ3) is 7.28. The molecule has 35 heavy (non-hydrogen) atoms. The molecule has 0 aliphatic rings. The topological polar surface area (TPSA) is 43.2 Å². The highest BCUT2D eigenvalue weighted by Gasteiger charge is 2.18. The lowest BCUT2D eigenvalue weighted by Gasteiger charge is -2.29. The third-order valence-corrected chi connectivity index (χ3v) is 6.21. The average Bonchev–Trinajstić information content (AvgIpc) is 2.86. The van der Waals surface area contributed by atoms with Crippen LogP contribution < -0.4 is 4.90 Å². The Hall–Kier alpha value is -3.42. The van der Waals surface area contributed by atoms with E-state index in [0.29, 0.717) is 11.3 Å². The lowest BCUT2D eigenvalue weighted by Crippen LogP contribution is -2.25. The van der Waals surface area contributed by atoms with Gasteiger partial charge in [0.25, 0.3) is 0 Å². The standard InChI is InChI=1S/C31H38N4/c1-6-19-34(20-9-10-24(2)3)23-27-13-15-29(16-14-27)35(31-12-8-7-11-25(31)4)26(5)30-21-28(22-32)17-18-33-30/h7-8,11-18,21,24H,5-6,9-10,19-20,23H2,1-4H3. The van der Waals surface area contributed by atoms with Crippen LogP contribution in [0, 0.1) is 24.2 Å². The van der Waals surface area contributed by atoms with Gasteiger partial charge in [0.05, 0.1) is 23.0 Å². The van der Waals surface area contributed by atoms with E-state index in [-0.39, 0.29) is 0 Å². The van der Waals surface area contributed by atoms with Crippen molar-refractivity contribution in [2.45, 2.75) is 53.5 Å². The zero-order valence-corrected chi connectivity index (χ0v) is 21.7. The Labute approximate surface area is 211 Å². The van der Waals surface area contributed by atoms with Crippen molar-refractivity contribution >= 4 is 17.1 Å². The summed E-state index contributed by atoms with van der Waals surface area (Å²) in [6.45, 7) is 16.5. The smallest absolute Gasteiger partial charge is 0.0992 e.